The van der Waals surface area contributed by atoms with Crippen LogP contribution in [-0.4, -0.2) is 40.8 Å². The molecule has 0 bridgehead atoms. The maximum atomic E-state index is 11.9. The minimum atomic E-state index is -0.478. The molecule has 1 amide bonds. The number of nitrogens with zero attached hydrogens (tertiary/aromatic N) is 1. The zero-order valence-corrected chi connectivity index (χ0v) is 12.7. The van der Waals surface area contributed by atoms with Gasteiger partial charge in [0.2, 0.25) is 0 Å². The molecule has 1 aliphatic heterocycles. The van der Waals surface area contributed by atoms with Crippen molar-refractivity contribution in [2.24, 2.45) is 0 Å². The van der Waals surface area contributed by atoms with E-state index in [0.29, 0.717) is 19.0 Å². The summed E-state index contributed by atoms with van der Waals surface area (Å²) >= 11 is 0. The molecule has 1 N–H and O–H groups in total. The van der Waals surface area contributed by atoms with Crippen LogP contribution < -0.4 is 10.3 Å². The number of hydrogen-bond donors (Lipinski definition) is 1. The van der Waals surface area contributed by atoms with Gasteiger partial charge in [0.15, 0.2) is 5.88 Å². The molecule has 1 aromatic heterocycles. The number of rotatable bonds is 2. The van der Waals surface area contributed by atoms with E-state index in [4.69, 9.17) is 9.47 Å². The topological polar surface area (TPSA) is 71.6 Å². The summed E-state index contributed by atoms with van der Waals surface area (Å²) in [4.78, 5) is 27.5. The van der Waals surface area contributed by atoms with Gasteiger partial charge in [-0.2, -0.15) is 0 Å². The third-order valence-corrected chi connectivity index (χ3v) is 3.13. The Morgan fingerprint density at radius 1 is 1.29 bits per heavy atom. The van der Waals surface area contributed by atoms with E-state index in [1.807, 2.05) is 20.8 Å². The van der Waals surface area contributed by atoms with Crippen molar-refractivity contribution in [1.29, 1.82) is 0 Å². The average Bonchev–Trinajstić information content (AvgIpc) is 2.37. The highest BCUT2D eigenvalue weighted by Crippen LogP contribution is 2.18. The number of pyridine rings is 1. The van der Waals surface area contributed by atoms with Crippen LogP contribution in [-0.2, 0) is 4.74 Å². The lowest BCUT2D eigenvalue weighted by Crippen LogP contribution is -2.44. The SMILES string of the molecule is CC(C)(C)OC(=O)N1CCC(Oc2cccc(=O)[nH]2)CC1. The fourth-order valence-electron chi connectivity index (χ4n) is 2.16. The summed E-state index contributed by atoms with van der Waals surface area (Å²) in [5.74, 6) is 0.471. The van der Waals surface area contributed by atoms with Crippen LogP contribution in [0.25, 0.3) is 0 Å². The highest BCUT2D eigenvalue weighted by Gasteiger charge is 2.27. The van der Waals surface area contributed by atoms with Crippen molar-refractivity contribution in [3.63, 3.8) is 0 Å². The molecule has 6 nitrogen and oxygen atoms in total. The molecule has 0 aliphatic carbocycles. The number of nitrogens with one attached hydrogen (secondary N) is 1. The second-order valence-electron chi connectivity index (χ2n) is 6.16. The average molecular weight is 294 g/mol. The van der Waals surface area contributed by atoms with Crippen molar-refractivity contribution in [3.8, 4) is 5.88 Å². The molecule has 1 aromatic rings. The Kier molecular flexibility index (Phi) is 4.55. The lowest BCUT2D eigenvalue weighted by Gasteiger charge is -2.33. The molecular formula is C15H22N2O4. The van der Waals surface area contributed by atoms with E-state index in [0.717, 1.165) is 12.8 Å². The van der Waals surface area contributed by atoms with E-state index < -0.39 is 5.60 Å². The highest BCUT2D eigenvalue weighted by atomic mass is 16.6. The van der Waals surface area contributed by atoms with Gasteiger partial charge in [-0.15, -0.1) is 0 Å². The van der Waals surface area contributed by atoms with Crippen molar-refractivity contribution in [1.82, 2.24) is 9.88 Å². The van der Waals surface area contributed by atoms with Crippen LogP contribution in [0.2, 0.25) is 0 Å². The number of likely N-dealkylation sites (tertiary alicyclic amines) is 1. The third kappa shape index (κ3) is 4.81. The first kappa shape index (κ1) is 15.4. The van der Waals surface area contributed by atoms with Gasteiger partial charge < -0.3 is 14.4 Å². The summed E-state index contributed by atoms with van der Waals surface area (Å²) < 4.78 is 11.1. The van der Waals surface area contributed by atoms with E-state index >= 15 is 0 Å². The number of carbonyl (C=O) groups is 1. The largest absolute Gasteiger partial charge is 0.475 e. The van der Waals surface area contributed by atoms with Crippen molar-refractivity contribution in [3.05, 3.63) is 28.6 Å². The number of H-pyrrole nitrogens is 1. The molecule has 0 saturated carbocycles. The van der Waals surface area contributed by atoms with Gasteiger partial charge in [0.25, 0.3) is 5.56 Å². The second-order valence-corrected chi connectivity index (χ2v) is 6.16. The van der Waals surface area contributed by atoms with Crippen LogP contribution in [0.5, 0.6) is 5.88 Å². The highest BCUT2D eigenvalue weighted by molar-refractivity contribution is 5.68. The number of carbonyl (C=O) groups excluding carboxylic acids is 1. The van der Waals surface area contributed by atoms with Gasteiger partial charge in [0, 0.05) is 32.0 Å². The molecule has 6 heteroatoms. The first-order valence-electron chi connectivity index (χ1n) is 7.17. The van der Waals surface area contributed by atoms with E-state index in [2.05, 4.69) is 4.98 Å². The fraction of sp³-hybridized carbons (Fsp3) is 0.600. The van der Waals surface area contributed by atoms with Crippen molar-refractivity contribution in [2.75, 3.05) is 13.1 Å². The summed E-state index contributed by atoms with van der Waals surface area (Å²) in [5, 5.41) is 0. The number of aromatic nitrogens is 1. The molecule has 0 aromatic carbocycles. The maximum Gasteiger partial charge on any atom is 0.410 e. The lowest BCUT2D eigenvalue weighted by atomic mass is 10.1. The Morgan fingerprint density at radius 3 is 2.52 bits per heavy atom. The summed E-state index contributed by atoms with van der Waals surface area (Å²) in [6.45, 7) is 6.75. The summed E-state index contributed by atoms with van der Waals surface area (Å²) in [6.07, 6.45) is 1.16. The first-order valence-corrected chi connectivity index (χ1v) is 7.17. The molecule has 2 rings (SSSR count). The fourth-order valence-corrected chi connectivity index (χ4v) is 2.16. The zero-order chi connectivity index (χ0) is 15.5. The summed E-state index contributed by atoms with van der Waals surface area (Å²) in [6, 6.07) is 4.82. The number of piperidine rings is 1. The van der Waals surface area contributed by atoms with Crippen molar-refractivity contribution in [2.45, 2.75) is 45.3 Å². The summed E-state index contributed by atoms with van der Waals surface area (Å²) in [7, 11) is 0. The van der Waals surface area contributed by atoms with E-state index in [-0.39, 0.29) is 17.8 Å². The quantitative estimate of drug-likeness (QED) is 0.907. The Bertz CT molecular complexity index is 539. The minimum absolute atomic E-state index is 0.00161. The molecule has 21 heavy (non-hydrogen) atoms. The molecule has 0 spiro atoms. The minimum Gasteiger partial charge on any atom is -0.475 e. The normalized spacial score (nSPS) is 16.6. The van der Waals surface area contributed by atoms with Crippen LogP contribution in [0.1, 0.15) is 33.6 Å². The molecular weight excluding hydrogens is 272 g/mol. The van der Waals surface area contributed by atoms with Gasteiger partial charge in [-0.3, -0.25) is 9.78 Å². The Hall–Kier alpha value is -1.98. The number of ether oxygens (including phenoxy) is 2. The van der Waals surface area contributed by atoms with Gasteiger partial charge in [-0.25, -0.2) is 4.79 Å². The number of hydrogen-bond acceptors (Lipinski definition) is 4. The van der Waals surface area contributed by atoms with Crippen molar-refractivity contribution < 1.29 is 14.3 Å². The lowest BCUT2D eigenvalue weighted by molar-refractivity contribution is 0.0123. The smallest absolute Gasteiger partial charge is 0.410 e. The molecule has 0 unspecified atom stereocenters. The molecule has 1 saturated heterocycles. The van der Waals surface area contributed by atoms with E-state index in [1.165, 1.54) is 6.07 Å². The summed E-state index contributed by atoms with van der Waals surface area (Å²) in [5.41, 5.74) is -0.660. The van der Waals surface area contributed by atoms with Crippen LogP contribution in [0.15, 0.2) is 23.0 Å². The van der Waals surface area contributed by atoms with Crippen LogP contribution >= 0.6 is 0 Å². The standard InChI is InChI=1S/C15H22N2O4/c1-15(2,3)21-14(19)17-9-7-11(8-10-17)20-13-6-4-5-12(18)16-13/h4-6,11H,7-10H2,1-3H3,(H,16,18). The maximum absolute atomic E-state index is 11.9. The van der Waals surface area contributed by atoms with Crippen LogP contribution in [0.3, 0.4) is 0 Å². The molecule has 0 radical (unpaired) electrons. The molecule has 1 fully saturated rings. The van der Waals surface area contributed by atoms with Crippen LogP contribution in [0, 0.1) is 0 Å². The Balaban J connectivity index is 1.83. The Labute approximate surface area is 124 Å². The predicted molar refractivity (Wildman–Crippen MR) is 78.5 cm³/mol. The van der Waals surface area contributed by atoms with Gasteiger partial charge in [0.1, 0.15) is 11.7 Å². The second kappa shape index (κ2) is 6.20. The zero-order valence-electron chi connectivity index (χ0n) is 12.7. The molecule has 116 valence electrons. The monoisotopic (exact) mass is 294 g/mol. The van der Waals surface area contributed by atoms with Crippen LogP contribution in [0.4, 0.5) is 4.79 Å². The third-order valence-electron chi connectivity index (χ3n) is 3.13. The van der Waals surface area contributed by atoms with Gasteiger partial charge in [-0.1, -0.05) is 6.07 Å². The number of aromatic amines is 1. The molecule has 0 atom stereocenters. The van der Waals surface area contributed by atoms with Gasteiger partial charge in [0.05, 0.1) is 0 Å². The van der Waals surface area contributed by atoms with Gasteiger partial charge in [-0.05, 0) is 26.8 Å². The van der Waals surface area contributed by atoms with E-state index in [9.17, 15) is 9.59 Å². The Morgan fingerprint density at radius 2 is 1.95 bits per heavy atom. The first-order chi connectivity index (χ1) is 9.83. The number of amides is 1. The van der Waals surface area contributed by atoms with E-state index in [1.54, 1.807) is 17.0 Å². The van der Waals surface area contributed by atoms with Crippen molar-refractivity contribution >= 4 is 6.09 Å². The molecule has 2 heterocycles. The predicted octanol–water partition coefficient (Wildman–Crippen LogP) is 2.15. The molecule has 1 aliphatic rings. The van der Waals surface area contributed by atoms with Gasteiger partial charge >= 0.3 is 6.09 Å².